The monoisotopic (exact) mass is 355 g/mol. The number of aromatic nitrogens is 2. The van der Waals surface area contributed by atoms with E-state index in [1.54, 1.807) is 0 Å². The average molecular weight is 355 g/mol. The number of anilines is 3. The number of nitrogens with zero attached hydrogens (tertiary/aromatic N) is 5. The molecule has 0 radical (unpaired) electrons. The van der Waals surface area contributed by atoms with Crippen LogP contribution in [0.3, 0.4) is 0 Å². The van der Waals surface area contributed by atoms with Gasteiger partial charge in [0.2, 0.25) is 11.6 Å². The Labute approximate surface area is 153 Å². The van der Waals surface area contributed by atoms with Gasteiger partial charge in [-0.2, -0.15) is 0 Å². The molecule has 0 saturated carbocycles. The lowest BCUT2D eigenvalue weighted by molar-refractivity contribution is -0.383. The van der Waals surface area contributed by atoms with E-state index in [9.17, 15) is 10.1 Å². The van der Waals surface area contributed by atoms with Gasteiger partial charge in [-0.3, -0.25) is 10.1 Å². The summed E-state index contributed by atoms with van der Waals surface area (Å²) in [5.41, 5.74) is 1.99. The van der Waals surface area contributed by atoms with E-state index in [-0.39, 0.29) is 10.6 Å². The number of hydrogen-bond acceptors (Lipinski definition) is 6. The first-order valence-corrected chi connectivity index (χ1v) is 9.09. The zero-order valence-electron chi connectivity index (χ0n) is 15.6. The van der Waals surface area contributed by atoms with Crippen molar-refractivity contribution < 1.29 is 4.92 Å². The molecule has 1 aromatic carbocycles. The lowest BCUT2D eigenvalue weighted by Crippen LogP contribution is -2.35. The number of aryl methyl sites for hydroxylation is 1. The van der Waals surface area contributed by atoms with E-state index in [1.165, 1.54) is 6.33 Å². The van der Waals surface area contributed by atoms with Gasteiger partial charge in [0.25, 0.3) is 0 Å². The first kappa shape index (κ1) is 18.1. The van der Waals surface area contributed by atoms with Gasteiger partial charge in [0.05, 0.1) is 4.92 Å². The van der Waals surface area contributed by atoms with Gasteiger partial charge in [0, 0.05) is 25.3 Å². The fraction of sp³-hybridized carbons (Fsp3) is 0.474. The second-order valence-corrected chi connectivity index (χ2v) is 6.90. The van der Waals surface area contributed by atoms with Crippen LogP contribution in [0.1, 0.15) is 32.3 Å². The minimum absolute atomic E-state index is 0.00930. The molecular weight excluding hydrogens is 330 g/mol. The highest BCUT2D eigenvalue weighted by Crippen LogP contribution is 2.38. The number of piperidine rings is 1. The second kappa shape index (κ2) is 7.68. The summed E-state index contributed by atoms with van der Waals surface area (Å²) in [5.74, 6) is 1.28. The number of benzene rings is 1. The predicted octanol–water partition coefficient (Wildman–Crippen LogP) is 4.09. The minimum atomic E-state index is -0.345. The van der Waals surface area contributed by atoms with Crippen molar-refractivity contribution in [1.82, 2.24) is 9.97 Å². The van der Waals surface area contributed by atoms with Crippen LogP contribution in [0.15, 0.2) is 30.6 Å². The van der Waals surface area contributed by atoms with Crippen LogP contribution in [0, 0.1) is 23.0 Å². The molecule has 0 N–H and O–H groups in total. The van der Waals surface area contributed by atoms with Crippen molar-refractivity contribution in [1.29, 1.82) is 0 Å². The van der Waals surface area contributed by atoms with Crippen LogP contribution in [0.2, 0.25) is 0 Å². The first-order valence-electron chi connectivity index (χ1n) is 9.09. The lowest BCUT2D eigenvalue weighted by atomic mass is 10.0. The van der Waals surface area contributed by atoms with Crippen molar-refractivity contribution in [2.45, 2.75) is 33.6 Å². The molecule has 1 saturated heterocycles. The Balaban J connectivity index is 2.09. The van der Waals surface area contributed by atoms with Gasteiger partial charge in [-0.25, -0.2) is 9.97 Å². The fourth-order valence-electron chi connectivity index (χ4n) is 3.59. The molecule has 138 valence electrons. The van der Waals surface area contributed by atoms with Crippen molar-refractivity contribution in [3.63, 3.8) is 0 Å². The maximum atomic E-state index is 12.0. The molecule has 0 bridgehead atoms. The van der Waals surface area contributed by atoms with Crippen LogP contribution in [0.5, 0.6) is 0 Å². The second-order valence-electron chi connectivity index (χ2n) is 6.90. The third-order valence-corrected chi connectivity index (χ3v) is 4.81. The van der Waals surface area contributed by atoms with Gasteiger partial charge >= 0.3 is 5.69 Å². The third kappa shape index (κ3) is 3.61. The molecule has 1 aromatic heterocycles. The van der Waals surface area contributed by atoms with Gasteiger partial charge in [0.1, 0.15) is 6.33 Å². The maximum absolute atomic E-state index is 12.0. The smallest absolute Gasteiger partial charge is 0.350 e. The zero-order valence-corrected chi connectivity index (χ0v) is 15.6. The number of rotatable bonds is 5. The Morgan fingerprint density at radius 1 is 1.38 bits per heavy atom. The fourth-order valence-corrected chi connectivity index (χ4v) is 3.59. The van der Waals surface area contributed by atoms with Gasteiger partial charge in [-0.15, -0.1) is 0 Å². The van der Waals surface area contributed by atoms with Crippen molar-refractivity contribution in [2.24, 2.45) is 5.92 Å². The largest absolute Gasteiger partial charge is 0.353 e. The molecule has 7 nitrogen and oxygen atoms in total. The van der Waals surface area contributed by atoms with Crippen LogP contribution in [-0.4, -0.2) is 34.5 Å². The summed E-state index contributed by atoms with van der Waals surface area (Å²) in [6.45, 7) is 8.30. The quantitative estimate of drug-likeness (QED) is 0.594. The Morgan fingerprint density at radius 2 is 2.19 bits per heavy atom. The molecule has 1 atom stereocenters. The Kier molecular flexibility index (Phi) is 5.35. The summed E-state index contributed by atoms with van der Waals surface area (Å²) < 4.78 is 0. The Bertz CT molecular complexity index is 795. The zero-order chi connectivity index (χ0) is 18.7. The molecule has 1 unspecified atom stereocenters. The molecule has 2 heterocycles. The summed E-state index contributed by atoms with van der Waals surface area (Å²) in [5, 5.41) is 12.0. The molecule has 0 amide bonds. The van der Waals surface area contributed by atoms with Crippen LogP contribution >= 0.6 is 0 Å². The van der Waals surface area contributed by atoms with E-state index in [0.717, 1.165) is 37.2 Å². The summed E-state index contributed by atoms with van der Waals surface area (Å²) in [7, 11) is 0. The molecule has 2 aromatic rings. The van der Waals surface area contributed by atoms with Crippen LogP contribution in [0.4, 0.5) is 23.0 Å². The number of nitro groups is 1. The minimum Gasteiger partial charge on any atom is -0.350 e. The lowest BCUT2D eigenvalue weighted by Gasteiger charge is -2.32. The van der Waals surface area contributed by atoms with Crippen LogP contribution in [-0.2, 0) is 0 Å². The van der Waals surface area contributed by atoms with Gasteiger partial charge in [0.15, 0.2) is 0 Å². The predicted molar refractivity (Wildman–Crippen MR) is 103 cm³/mol. The van der Waals surface area contributed by atoms with Gasteiger partial charge in [-0.05, 0) is 50.3 Å². The van der Waals surface area contributed by atoms with Crippen molar-refractivity contribution in [2.75, 3.05) is 29.4 Å². The average Bonchev–Trinajstić information content (AvgIpc) is 2.62. The highest BCUT2D eigenvalue weighted by atomic mass is 16.6. The van der Waals surface area contributed by atoms with Gasteiger partial charge in [-0.1, -0.05) is 19.1 Å². The maximum Gasteiger partial charge on any atom is 0.353 e. The third-order valence-electron chi connectivity index (χ3n) is 4.81. The highest BCUT2D eigenvalue weighted by molar-refractivity contribution is 5.76. The van der Waals surface area contributed by atoms with Crippen LogP contribution in [0.25, 0.3) is 0 Å². The highest BCUT2D eigenvalue weighted by Gasteiger charge is 2.31. The van der Waals surface area contributed by atoms with Crippen molar-refractivity contribution >= 4 is 23.0 Å². The summed E-state index contributed by atoms with van der Waals surface area (Å²) >= 11 is 0. The molecule has 26 heavy (non-hydrogen) atoms. The normalized spacial score (nSPS) is 17.2. The van der Waals surface area contributed by atoms with E-state index in [4.69, 9.17) is 0 Å². The summed E-state index contributed by atoms with van der Waals surface area (Å²) in [4.78, 5) is 24.1. The SMILES string of the molecule is CCN(c1cccc(C)c1)c1ncnc(N2CCCC(C)C2)c1[N+](=O)[O-]. The van der Waals surface area contributed by atoms with E-state index >= 15 is 0 Å². The Morgan fingerprint density at radius 3 is 2.85 bits per heavy atom. The summed E-state index contributed by atoms with van der Waals surface area (Å²) in [6.07, 6.45) is 3.61. The van der Waals surface area contributed by atoms with Crippen molar-refractivity contribution in [3.05, 3.63) is 46.3 Å². The van der Waals surface area contributed by atoms with Crippen molar-refractivity contribution in [3.8, 4) is 0 Å². The molecular formula is C19H25N5O2. The molecule has 1 aliphatic heterocycles. The molecule has 3 rings (SSSR count). The molecule has 0 spiro atoms. The van der Waals surface area contributed by atoms with Gasteiger partial charge < -0.3 is 9.80 Å². The molecule has 7 heteroatoms. The van der Waals surface area contributed by atoms with E-state index in [2.05, 4.69) is 16.9 Å². The van der Waals surface area contributed by atoms with E-state index < -0.39 is 0 Å². The first-order chi connectivity index (χ1) is 12.5. The van der Waals surface area contributed by atoms with Crippen LogP contribution < -0.4 is 9.80 Å². The molecule has 1 aliphatic rings. The topological polar surface area (TPSA) is 75.4 Å². The summed E-state index contributed by atoms with van der Waals surface area (Å²) in [6, 6.07) is 7.92. The van der Waals surface area contributed by atoms with E-state index in [0.29, 0.717) is 24.1 Å². The molecule has 0 aliphatic carbocycles. The Hall–Kier alpha value is -2.70. The molecule has 1 fully saturated rings. The van der Waals surface area contributed by atoms with E-state index in [1.807, 2.05) is 47.9 Å². The standard InChI is InChI=1S/C19H25N5O2/c1-4-23(16-9-5-7-14(2)11-16)19-17(24(25)26)18(20-13-21-19)22-10-6-8-15(3)12-22/h5,7,9,11,13,15H,4,6,8,10,12H2,1-3H3. The number of hydrogen-bond donors (Lipinski definition) is 0.